The van der Waals surface area contributed by atoms with Gasteiger partial charge in [0.1, 0.15) is 16.5 Å². The van der Waals surface area contributed by atoms with E-state index in [4.69, 9.17) is 4.98 Å². The lowest BCUT2D eigenvalue weighted by atomic mass is 9.97. The zero-order valence-electron chi connectivity index (χ0n) is 10.5. The van der Waals surface area contributed by atoms with Crippen LogP contribution in [0.3, 0.4) is 0 Å². The largest absolute Gasteiger partial charge is 0.266 e. The van der Waals surface area contributed by atoms with Crippen LogP contribution >= 0.6 is 11.3 Å². The van der Waals surface area contributed by atoms with Crippen molar-refractivity contribution in [1.82, 2.24) is 19.6 Å². The van der Waals surface area contributed by atoms with Crippen LogP contribution < -0.4 is 0 Å². The van der Waals surface area contributed by atoms with E-state index in [1.165, 1.54) is 41.5 Å². The maximum absolute atomic E-state index is 4.74. The van der Waals surface area contributed by atoms with E-state index in [0.717, 1.165) is 22.1 Å². The topological polar surface area (TPSA) is 43.1 Å². The van der Waals surface area contributed by atoms with Gasteiger partial charge in [-0.3, -0.25) is 4.40 Å². The third-order valence-electron chi connectivity index (χ3n) is 3.79. The van der Waals surface area contributed by atoms with Crippen molar-refractivity contribution in [2.24, 2.45) is 0 Å². The molecule has 0 unspecified atom stereocenters. The predicted octanol–water partition coefficient (Wildman–Crippen LogP) is 2.83. The van der Waals surface area contributed by atoms with Gasteiger partial charge in [-0.15, -0.1) is 21.5 Å². The molecule has 0 atom stereocenters. The summed E-state index contributed by atoms with van der Waals surface area (Å²) >= 11 is 1.85. The number of fused-ring (bicyclic) bond motifs is 5. The summed E-state index contributed by atoms with van der Waals surface area (Å²) in [6, 6.07) is 0. The summed E-state index contributed by atoms with van der Waals surface area (Å²) in [4.78, 5) is 7.39. The van der Waals surface area contributed by atoms with E-state index >= 15 is 0 Å². The molecule has 4 nitrogen and oxygen atoms in total. The van der Waals surface area contributed by atoms with Crippen molar-refractivity contribution in [2.45, 2.75) is 39.5 Å². The molecule has 0 N–H and O–H groups in total. The molecule has 1 aliphatic rings. The van der Waals surface area contributed by atoms with Gasteiger partial charge in [-0.05, 0) is 45.1 Å². The van der Waals surface area contributed by atoms with Crippen LogP contribution in [0.15, 0.2) is 0 Å². The fourth-order valence-corrected chi connectivity index (χ4v) is 4.27. The molecule has 18 heavy (non-hydrogen) atoms. The van der Waals surface area contributed by atoms with Crippen LogP contribution in [0.1, 0.15) is 34.9 Å². The summed E-state index contributed by atoms with van der Waals surface area (Å²) in [5.41, 5.74) is 2.47. The number of hydrogen-bond donors (Lipinski definition) is 0. The molecule has 0 bridgehead atoms. The Bertz CT molecular complexity index is 768. The molecule has 0 aromatic carbocycles. The first-order valence-electron chi connectivity index (χ1n) is 6.38. The molecule has 3 aromatic rings. The molecule has 3 heterocycles. The molecule has 4 rings (SSSR count). The first-order valence-corrected chi connectivity index (χ1v) is 7.20. The molecule has 5 heteroatoms. The first-order chi connectivity index (χ1) is 8.75. The van der Waals surface area contributed by atoms with Crippen molar-refractivity contribution in [3.05, 3.63) is 22.1 Å². The molecule has 3 aromatic heterocycles. The second-order valence-electron chi connectivity index (χ2n) is 4.96. The van der Waals surface area contributed by atoms with E-state index in [1.807, 2.05) is 25.2 Å². The third-order valence-corrected chi connectivity index (χ3v) is 4.97. The molecule has 92 valence electrons. The predicted molar refractivity (Wildman–Crippen MR) is 72.3 cm³/mol. The van der Waals surface area contributed by atoms with Crippen LogP contribution in [0.5, 0.6) is 0 Å². The van der Waals surface area contributed by atoms with E-state index in [-0.39, 0.29) is 0 Å². The molecule has 0 radical (unpaired) electrons. The van der Waals surface area contributed by atoms with E-state index < -0.39 is 0 Å². The molecule has 0 saturated heterocycles. The SMILES string of the molecule is Cc1nnc2c3c4c(sc3nc(C)n12)CCCC4. The zero-order valence-corrected chi connectivity index (χ0v) is 11.3. The highest BCUT2D eigenvalue weighted by atomic mass is 32.1. The molecule has 0 fully saturated rings. The number of aromatic nitrogens is 4. The van der Waals surface area contributed by atoms with Crippen molar-refractivity contribution in [3.8, 4) is 0 Å². The van der Waals surface area contributed by atoms with Gasteiger partial charge < -0.3 is 0 Å². The zero-order chi connectivity index (χ0) is 12.3. The van der Waals surface area contributed by atoms with Crippen LogP contribution in [-0.2, 0) is 12.8 Å². The fourth-order valence-electron chi connectivity index (χ4n) is 2.97. The van der Waals surface area contributed by atoms with Gasteiger partial charge in [0, 0.05) is 4.88 Å². The summed E-state index contributed by atoms with van der Waals surface area (Å²) in [6.45, 7) is 4.01. The van der Waals surface area contributed by atoms with Crippen LogP contribution in [0.25, 0.3) is 15.9 Å². The molecule has 0 amide bonds. The van der Waals surface area contributed by atoms with Crippen molar-refractivity contribution in [3.63, 3.8) is 0 Å². The smallest absolute Gasteiger partial charge is 0.172 e. The lowest BCUT2D eigenvalue weighted by Crippen LogP contribution is -2.01. The Morgan fingerprint density at radius 2 is 1.89 bits per heavy atom. The highest BCUT2D eigenvalue weighted by Crippen LogP contribution is 2.37. The average molecular weight is 258 g/mol. The summed E-state index contributed by atoms with van der Waals surface area (Å²) in [7, 11) is 0. The second kappa shape index (κ2) is 3.51. The van der Waals surface area contributed by atoms with Gasteiger partial charge in [0.25, 0.3) is 0 Å². The second-order valence-corrected chi connectivity index (χ2v) is 6.04. The average Bonchev–Trinajstić information content (AvgIpc) is 2.90. The maximum Gasteiger partial charge on any atom is 0.172 e. The Morgan fingerprint density at radius 3 is 2.78 bits per heavy atom. The van der Waals surface area contributed by atoms with E-state index in [0.29, 0.717) is 0 Å². The molecule has 0 spiro atoms. The van der Waals surface area contributed by atoms with Gasteiger partial charge >= 0.3 is 0 Å². The Kier molecular flexibility index (Phi) is 2.03. The lowest BCUT2D eigenvalue weighted by molar-refractivity contribution is 0.700. The Hall–Kier alpha value is -1.49. The Balaban J connectivity index is 2.22. The summed E-state index contributed by atoms with van der Waals surface area (Å²) < 4.78 is 2.07. The van der Waals surface area contributed by atoms with Crippen LogP contribution in [0, 0.1) is 13.8 Å². The Morgan fingerprint density at radius 1 is 1.06 bits per heavy atom. The van der Waals surface area contributed by atoms with E-state index in [9.17, 15) is 0 Å². The van der Waals surface area contributed by atoms with E-state index in [2.05, 4.69) is 14.6 Å². The van der Waals surface area contributed by atoms with Gasteiger partial charge in [-0.25, -0.2) is 4.98 Å². The number of thiophene rings is 1. The van der Waals surface area contributed by atoms with Crippen LogP contribution in [-0.4, -0.2) is 19.6 Å². The number of rotatable bonds is 0. The lowest BCUT2D eigenvalue weighted by Gasteiger charge is -2.10. The first kappa shape index (κ1) is 10.4. The van der Waals surface area contributed by atoms with Crippen molar-refractivity contribution < 1.29 is 0 Å². The number of aryl methyl sites for hydroxylation is 4. The normalized spacial score (nSPS) is 15.4. The van der Waals surface area contributed by atoms with Crippen LogP contribution in [0.4, 0.5) is 0 Å². The third kappa shape index (κ3) is 1.22. The number of nitrogens with zero attached hydrogens (tertiary/aromatic N) is 4. The maximum atomic E-state index is 4.74. The van der Waals surface area contributed by atoms with Crippen molar-refractivity contribution >= 4 is 27.2 Å². The summed E-state index contributed by atoms with van der Waals surface area (Å²) in [5, 5.41) is 9.83. The van der Waals surface area contributed by atoms with Gasteiger partial charge in [0.05, 0.1) is 5.39 Å². The highest BCUT2D eigenvalue weighted by molar-refractivity contribution is 7.19. The number of hydrogen-bond acceptors (Lipinski definition) is 4. The fraction of sp³-hybridized carbons (Fsp3) is 0.462. The highest BCUT2D eigenvalue weighted by Gasteiger charge is 2.21. The molecule has 1 aliphatic carbocycles. The minimum absolute atomic E-state index is 0.924. The quantitative estimate of drug-likeness (QED) is 0.622. The standard InChI is InChI=1S/C13H14N4S/c1-7-14-13-11(12-16-15-8(2)17(7)12)9-5-3-4-6-10(9)18-13/h3-6H2,1-2H3. The molecular formula is C13H14N4S. The minimum atomic E-state index is 0.924. The summed E-state index contributed by atoms with van der Waals surface area (Å²) in [6.07, 6.45) is 4.96. The monoisotopic (exact) mass is 258 g/mol. The van der Waals surface area contributed by atoms with E-state index in [1.54, 1.807) is 0 Å². The van der Waals surface area contributed by atoms with Gasteiger partial charge in [0.15, 0.2) is 5.65 Å². The van der Waals surface area contributed by atoms with Crippen molar-refractivity contribution in [2.75, 3.05) is 0 Å². The van der Waals surface area contributed by atoms with Gasteiger partial charge in [0.2, 0.25) is 0 Å². The van der Waals surface area contributed by atoms with Gasteiger partial charge in [-0.1, -0.05) is 0 Å². The molecule has 0 aliphatic heterocycles. The Labute approximate surface area is 109 Å². The van der Waals surface area contributed by atoms with Crippen molar-refractivity contribution in [1.29, 1.82) is 0 Å². The molecular weight excluding hydrogens is 244 g/mol. The van der Waals surface area contributed by atoms with Crippen LogP contribution in [0.2, 0.25) is 0 Å². The summed E-state index contributed by atoms with van der Waals surface area (Å²) in [5.74, 6) is 1.91. The molecule has 0 saturated carbocycles. The van der Waals surface area contributed by atoms with Gasteiger partial charge in [-0.2, -0.15) is 0 Å². The minimum Gasteiger partial charge on any atom is -0.266 e.